The van der Waals surface area contributed by atoms with Crippen LogP contribution in [0.2, 0.25) is 0 Å². The fraction of sp³-hybridized carbons (Fsp3) is 0.438. The van der Waals surface area contributed by atoms with Gasteiger partial charge in [-0.05, 0) is 37.0 Å². The van der Waals surface area contributed by atoms with Crippen LogP contribution in [-0.4, -0.2) is 6.03 Å². The highest BCUT2D eigenvalue weighted by Gasteiger charge is 2.30. The molecule has 2 rings (SSSR count). The van der Waals surface area contributed by atoms with E-state index in [9.17, 15) is 18.0 Å². The van der Waals surface area contributed by atoms with Crippen LogP contribution in [0, 0.1) is 5.92 Å². The van der Waals surface area contributed by atoms with Gasteiger partial charge in [-0.1, -0.05) is 31.4 Å². The van der Waals surface area contributed by atoms with Crippen molar-refractivity contribution in [1.29, 1.82) is 0 Å². The molecule has 1 aromatic carbocycles. The summed E-state index contributed by atoms with van der Waals surface area (Å²) in [6, 6.07) is 4.00. The third-order valence-corrected chi connectivity index (χ3v) is 3.68. The van der Waals surface area contributed by atoms with Crippen LogP contribution in [0.3, 0.4) is 0 Å². The second kappa shape index (κ2) is 7.33. The number of amides is 2. The third-order valence-electron chi connectivity index (χ3n) is 3.68. The van der Waals surface area contributed by atoms with Gasteiger partial charge in [0.1, 0.15) is 0 Å². The topological polar surface area (TPSA) is 41.1 Å². The number of rotatable bonds is 3. The van der Waals surface area contributed by atoms with Crippen LogP contribution >= 0.6 is 0 Å². The Hall–Kier alpha value is -1.98. The molecule has 1 aromatic rings. The molecule has 0 aliphatic heterocycles. The Morgan fingerprint density at radius 3 is 2.59 bits per heavy atom. The minimum atomic E-state index is -4.42. The lowest BCUT2D eigenvalue weighted by Gasteiger charge is -2.17. The molecule has 1 aliphatic carbocycles. The second-order valence-corrected chi connectivity index (χ2v) is 5.43. The van der Waals surface area contributed by atoms with Gasteiger partial charge in [0.2, 0.25) is 0 Å². The number of allylic oxidation sites excluding steroid dienone is 1. The SMILES string of the molecule is O=C(N/C=C/C1CCCCC1)Nc1cccc(C(F)(F)F)c1. The first-order valence-corrected chi connectivity index (χ1v) is 7.36. The second-order valence-electron chi connectivity index (χ2n) is 5.43. The highest BCUT2D eigenvalue weighted by atomic mass is 19.4. The zero-order valence-electron chi connectivity index (χ0n) is 12.1. The van der Waals surface area contributed by atoms with Crippen molar-refractivity contribution in [2.75, 3.05) is 5.32 Å². The van der Waals surface area contributed by atoms with E-state index in [0.29, 0.717) is 5.92 Å². The van der Waals surface area contributed by atoms with Crippen molar-refractivity contribution < 1.29 is 18.0 Å². The molecule has 1 saturated carbocycles. The molecule has 0 bridgehead atoms. The van der Waals surface area contributed by atoms with E-state index in [4.69, 9.17) is 0 Å². The van der Waals surface area contributed by atoms with Gasteiger partial charge in [-0.15, -0.1) is 0 Å². The molecule has 1 aliphatic rings. The van der Waals surface area contributed by atoms with Crippen molar-refractivity contribution in [3.8, 4) is 0 Å². The van der Waals surface area contributed by atoms with E-state index < -0.39 is 17.8 Å². The first-order chi connectivity index (χ1) is 10.4. The van der Waals surface area contributed by atoms with Gasteiger partial charge < -0.3 is 10.6 Å². The number of alkyl halides is 3. The lowest BCUT2D eigenvalue weighted by Crippen LogP contribution is -2.24. The number of carbonyl (C=O) groups is 1. The van der Waals surface area contributed by atoms with E-state index in [-0.39, 0.29) is 5.69 Å². The number of carbonyl (C=O) groups excluding carboxylic acids is 1. The Kier molecular flexibility index (Phi) is 5.46. The normalized spacial score (nSPS) is 16.7. The smallest absolute Gasteiger partial charge is 0.315 e. The quantitative estimate of drug-likeness (QED) is 0.817. The van der Waals surface area contributed by atoms with Crippen molar-refractivity contribution in [2.24, 2.45) is 5.92 Å². The number of nitrogens with one attached hydrogen (secondary N) is 2. The zero-order valence-corrected chi connectivity index (χ0v) is 12.1. The average molecular weight is 312 g/mol. The summed E-state index contributed by atoms with van der Waals surface area (Å²) in [4.78, 5) is 11.7. The minimum Gasteiger partial charge on any atom is -0.315 e. The molecule has 120 valence electrons. The monoisotopic (exact) mass is 312 g/mol. The van der Waals surface area contributed by atoms with Crippen LogP contribution in [0.25, 0.3) is 0 Å². The van der Waals surface area contributed by atoms with E-state index in [0.717, 1.165) is 25.0 Å². The van der Waals surface area contributed by atoms with Gasteiger partial charge in [0.25, 0.3) is 0 Å². The summed E-state index contributed by atoms with van der Waals surface area (Å²) >= 11 is 0. The predicted octanol–water partition coefficient (Wildman–Crippen LogP) is 4.92. The van der Waals surface area contributed by atoms with Gasteiger partial charge in [-0.2, -0.15) is 13.2 Å². The first kappa shape index (κ1) is 16.4. The van der Waals surface area contributed by atoms with Gasteiger partial charge in [-0.25, -0.2) is 4.79 Å². The zero-order chi connectivity index (χ0) is 16.0. The molecule has 2 amide bonds. The summed E-state index contributed by atoms with van der Waals surface area (Å²) in [5.41, 5.74) is -0.679. The van der Waals surface area contributed by atoms with Crippen LogP contribution in [0.4, 0.5) is 23.7 Å². The van der Waals surface area contributed by atoms with E-state index in [1.165, 1.54) is 31.4 Å². The Labute approximate surface area is 127 Å². The van der Waals surface area contributed by atoms with E-state index >= 15 is 0 Å². The van der Waals surface area contributed by atoms with Crippen molar-refractivity contribution in [3.63, 3.8) is 0 Å². The summed E-state index contributed by atoms with van der Waals surface area (Å²) in [6.07, 6.45) is 4.99. The van der Waals surface area contributed by atoms with E-state index in [2.05, 4.69) is 10.6 Å². The molecule has 1 fully saturated rings. The van der Waals surface area contributed by atoms with Crippen molar-refractivity contribution in [2.45, 2.75) is 38.3 Å². The maximum Gasteiger partial charge on any atom is 0.416 e. The largest absolute Gasteiger partial charge is 0.416 e. The average Bonchev–Trinajstić information content (AvgIpc) is 2.48. The van der Waals surface area contributed by atoms with E-state index in [1.54, 1.807) is 6.20 Å². The van der Waals surface area contributed by atoms with Crippen LogP contribution < -0.4 is 10.6 Å². The number of urea groups is 1. The highest BCUT2D eigenvalue weighted by molar-refractivity contribution is 5.89. The molecule has 0 radical (unpaired) electrons. The molecule has 0 atom stereocenters. The molecule has 0 unspecified atom stereocenters. The van der Waals surface area contributed by atoms with Crippen LogP contribution in [-0.2, 0) is 6.18 Å². The van der Waals surface area contributed by atoms with E-state index in [1.807, 2.05) is 6.08 Å². The molecule has 6 heteroatoms. The Morgan fingerprint density at radius 2 is 1.91 bits per heavy atom. The highest BCUT2D eigenvalue weighted by Crippen LogP contribution is 2.30. The Morgan fingerprint density at radius 1 is 1.18 bits per heavy atom. The molecule has 0 aromatic heterocycles. The van der Waals surface area contributed by atoms with Crippen LogP contribution in [0.15, 0.2) is 36.5 Å². The molecule has 3 nitrogen and oxygen atoms in total. The van der Waals surface area contributed by atoms with Gasteiger partial charge in [0.05, 0.1) is 5.56 Å². The fourth-order valence-electron chi connectivity index (χ4n) is 2.53. The molecule has 2 N–H and O–H groups in total. The lowest BCUT2D eigenvalue weighted by atomic mass is 9.89. The predicted molar refractivity (Wildman–Crippen MR) is 79.3 cm³/mol. The van der Waals surface area contributed by atoms with Gasteiger partial charge in [0.15, 0.2) is 0 Å². The summed E-state index contributed by atoms with van der Waals surface area (Å²) in [5.74, 6) is 0.475. The van der Waals surface area contributed by atoms with Crippen molar-refractivity contribution in [3.05, 3.63) is 42.1 Å². The fourth-order valence-corrected chi connectivity index (χ4v) is 2.53. The number of hydrogen-bond donors (Lipinski definition) is 2. The molecular formula is C16H19F3N2O. The van der Waals surface area contributed by atoms with Gasteiger partial charge in [-0.3, -0.25) is 0 Å². The summed E-state index contributed by atoms with van der Waals surface area (Å²) < 4.78 is 37.7. The van der Waals surface area contributed by atoms with Gasteiger partial charge in [0, 0.05) is 11.9 Å². The number of hydrogen-bond acceptors (Lipinski definition) is 1. The van der Waals surface area contributed by atoms with Crippen LogP contribution in [0.1, 0.15) is 37.7 Å². The maximum atomic E-state index is 12.6. The first-order valence-electron chi connectivity index (χ1n) is 7.36. The third kappa shape index (κ3) is 5.09. The molecular weight excluding hydrogens is 293 g/mol. The standard InChI is InChI=1S/C16H19F3N2O/c17-16(18,19)13-7-4-8-14(11-13)21-15(22)20-10-9-12-5-2-1-3-6-12/h4,7-12H,1-3,5-6H2,(H2,20,21,22)/b10-9+. The number of benzene rings is 1. The maximum absolute atomic E-state index is 12.6. The minimum absolute atomic E-state index is 0.110. The molecule has 22 heavy (non-hydrogen) atoms. The number of halogens is 3. The summed E-state index contributed by atoms with van der Waals surface area (Å²) in [5, 5.41) is 4.92. The Balaban J connectivity index is 1.85. The van der Waals surface area contributed by atoms with Gasteiger partial charge >= 0.3 is 12.2 Å². The Bertz CT molecular complexity index is 534. The molecule has 0 heterocycles. The van der Waals surface area contributed by atoms with Crippen molar-refractivity contribution in [1.82, 2.24) is 5.32 Å². The van der Waals surface area contributed by atoms with Crippen molar-refractivity contribution >= 4 is 11.7 Å². The summed E-state index contributed by atoms with van der Waals surface area (Å²) in [7, 11) is 0. The van der Waals surface area contributed by atoms with Crippen LogP contribution in [0.5, 0.6) is 0 Å². The molecule has 0 saturated heterocycles. The lowest BCUT2D eigenvalue weighted by molar-refractivity contribution is -0.137. The number of anilines is 1. The molecule has 0 spiro atoms. The summed E-state index contributed by atoms with van der Waals surface area (Å²) in [6.45, 7) is 0.